The molecular weight excluding hydrogens is 628 g/mol. The van der Waals surface area contributed by atoms with E-state index < -0.39 is 10.8 Å². The average molecular weight is 661 g/mol. The Morgan fingerprint density at radius 1 is 0.809 bits per heavy atom. The summed E-state index contributed by atoms with van der Waals surface area (Å²) in [4.78, 5) is 32.0. The number of ether oxygens (including phenoxy) is 2. The monoisotopic (exact) mass is 660 g/mol. The molecule has 0 aromatic heterocycles. The number of anilines is 1. The Morgan fingerprint density at radius 2 is 1.38 bits per heavy atom. The number of benzene rings is 5. The normalized spacial score (nSPS) is 17.7. The van der Waals surface area contributed by atoms with Gasteiger partial charge in [-0.1, -0.05) is 126 Å². The Kier molecular flexibility index (Phi) is 8.67. The largest absolute Gasteiger partial charge is 0.490 e. The molecule has 6 nitrogen and oxygen atoms in total. The van der Waals surface area contributed by atoms with Crippen LogP contribution in [0.3, 0.4) is 0 Å². The number of amides is 2. The van der Waals surface area contributed by atoms with E-state index in [1.165, 1.54) is 4.90 Å². The smallest absolute Gasteiger partial charge is 0.290 e. The first-order chi connectivity index (χ1) is 22.9. The topological polar surface area (TPSA) is 59.1 Å². The van der Waals surface area contributed by atoms with Gasteiger partial charge in [-0.2, -0.15) is 0 Å². The van der Waals surface area contributed by atoms with Crippen LogP contribution in [0.1, 0.15) is 22.3 Å². The minimum atomic E-state index is -1.13. The van der Waals surface area contributed by atoms with E-state index >= 15 is 0 Å². The molecule has 0 spiro atoms. The summed E-state index contributed by atoms with van der Waals surface area (Å²) in [6.45, 7) is 1.06. The number of hydrogen-bond acceptors (Lipinski definition) is 6. The lowest BCUT2D eigenvalue weighted by molar-refractivity contribution is -0.129. The van der Waals surface area contributed by atoms with Gasteiger partial charge in [0, 0.05) is 12.1 Å². The predicted octanol–water partition coefficient (Wildman–Crippen LogP) is 8.21. The lowest BCUT2D eigenvalue weighted by Crippen LogP contribution is -2.51. The molecule has 2 unspecified atom stereocenters. The SMILES string of the molecule is CN1CC(COc2ccc(CC3SC(=O)N(C(c4ccccc4)(c4ccccc4)c4ccccc4)C3=O)cc2)Oc2ccc(Cl)cc21. The van der Waals surface area contributed by atoms with Crippen molar-refractivity contribution in [2.75, 3.05) is 25.1 Å². The third-order valence-electron chi connectivity index (χ3n) is 8.72. The fourth-order valence-electron chi connectivity index (χ4n) is 6.54. The molecule has 2 heterocycles. The fourth-order valence-corrected chi connectivity index (χ4v) is 7.76. The summed E-state index contributed by atoms with van der Waals surface area (Å²) in [7, 11) is 2.01. The minimum absolute atomic E-state index is 0.142. The lowest BCUT2D eigenvalue weighted by Gasteiger charge is -2.42. The highest BCUT2D eigenvalue weighted by Crippen LogP contribution is 2.48. The van der Waals surface area contributed by atoms with Gasteiger partial charge < -0.3 is 14.4 Å². The zero-order valence-corrected chi connectivity index (χ0v) is 27.4. The molecule has 0 aliphatic carbocycles. The molecule has 0 N–H and O–H groups in total. The van der Waals surface area contributed by atoms with Crippen molar-refractivity contribution < 1.29 is 19.1 Å². The number of likely N-dealkylation sites (N-methyl/N-ethyl adjacent to an activating group) is 1. The van der Waals surface area contributed by atoms with Crippen molar-refractivity contribution in [2.45, 2.75) is 23.3 Å². The summed E-state index contributed by atoms with van der Waals surface area (Å²) in [5.74, 6) is 1.28. The predicted molar refractivity (Wildman–Crippen MR) is 188 cm³/mol. The Hall–Kier alpha value is -4.72. The van der Waals surface area contributed by atoms with Gasteiger partial charge >= 0.3 is 0 Å². The molecule has 1 saturated heterocycles. The van der Waals surface area contributed by atoms with E-state index in [-0.39, 0.29) is 17.3 Å². The highest BCUT2D eigenvalue weighted by atomic mass is 35.5. The lowest BCUT2D eigenvalue weighted by atomic mass is 9.75. The molecule has 2 atom stereocenters. The van der Waals surface area contributed by atoms with Gasteiger partial charge in [0.2, 0.25) is 5.91 Å². The van der Waals surface area contributed by atoms with Crippen LogP contribution >= 0.6 is 23.4 Å². The van der Waals surface area contributed by atoms with Crippen molar-refractivity contribution in [1.29, 1.82) is 0 Å². The Balaban J connectivity index is 1.10. The number of rotatable bonds is 9. The van der Waals surface area contributed by atoms with E-state index in [9.17, 15) is 9.59 Å². The van der Waals surface area contributed by atoms with Crippen LogP contribution in [0.5, 0.6) is 11.5 Å². The number of hydrogen-bond donors (Lipinski definition) is 0. The third kappa shape index (κ3) is 5.97. The van der Waals surface area contributed by atoms with Crippen LogP contribution < -0.4 is 14.4 Å². The van der Waals surface area contributed by atoms with Crippen LogP contribution in [-0.2, 0) is 16.8 Å². The van der Waals surface area contributed by atoms with Gasteiger partial charge in [-0.05, 0) is 59.0 Å². The van der Waals surface area contributed by atoms with E-state index in [0.717, 1.165) is 45.5 Å². The molecule has 8 heteroatoms. The first-order valence-corrected chi connectivity index (χ1v) is 16.8. The number of nitrogens with zero attached hydrogens (tertiary/aromatic N) is 2. The van der Waals surface area contributed by atoms with Crippen molar-refractivity contribution in [3.8, 4) is 11.5 Å². The molecule has 2 aliphatic heterocycles. The van der Waals surface area contributed by atoms with Gasteiger partial charge in [0.25, 0.3) is 5.24 Å². The highest BCUT2D eigenvalue weighted by Gasteiger charge is 2.53. The second-order valence-electron chi connectivity index (χ2n) is 11.7. The standard InChI is InChI=1S/C39H33ClN2O4S/c1-41-25-33(46-35-22-19-31(40)24-34(35)41)26-45-32-20-17-27(18-21-32)23-36-37(43)42(38(44)47-36)39(28-11-5-2-6-12-28,29-13-7-3-8-14-29)30-15-9-4-10-16-30/h2-22,24,33,36H,23,25-26H2,1H3. The number of carbonyl (C=O) groups excluding carboxylic acids is 2. The maximum Gasteiger partial charge on any atom is 0.290 e. The molecule has 47 heavy (non-hydrogen) atoms. The molecule has 5 aromatic rings. The Morgan fingerprint density at radius 3 is 1.96 bits per heavy atom. The first kappa shape index (κ1) is 30.9. The van der Waals surface area contributed by atoms with Gasteiger partial charge in [-0.3, -0.25) is 14.5 Å². The number of thioether (sulfide) groups is 1. The summed E-state index contributed by atoms with van der Waals surface area (Å²) in [6, 6.07) is 42.8. The second-order valence-corrected chi connectivity index (χ2v) is 13.3. The molecule has 5 aromatic carbocycles. The second kappa shape index (κ2) is 13.2. The van der Waals surface area contributed by atoms with E-state index in [2.05, 4.69) is 4.90 Å². The Labute approximate surface area is 283 Å². The maximum absolute atomic E-state index is 14.4. The van der Waals surface area contributed by atoms with E-state index in [4.69, 9.17) is 21.1 Å². The molecular formula is C39H33ClN2O4S. The molecule has 0 radical (unpaired) electrons. The van der Waals surface area contributed by atoms with Crippen molar-refractivity contribution in [1.82, 2.24) is 4.90 Å². The maximum atomic E-state index is 14.4. The molecule has 0 saturated carbocycles. The van der Waals surface area contributed by atoms with Crippen LogP contribution in [0.15, 0.2) is 133 Å². The zero-order valence-electron chi connectivity index (χ0n) is 25.8. The van der Waals surface area contributed by atoms with E-state index in [0.29, 0.717) is 30.3 Å². The summed E-state index contributed by atoms with van der Waals surface area (Å²) < 4.78 is 12.2. The van der Waals surface area contributed by atoms with Crippen LogP contribution in [0.4, 0.5) is 10.5 Å². The van der Waals surface area contributed by atoms with E-state index in [1.54, 1.807) is 0 Å². The van der Waals surface area contributed by atoms with Crippen LogP contribution in [0, 0.1) is 0 Å². The average Bonchev–Trinajstić information content (AvgIpc) is 3.38. The number of carbonyl (C=O) groups is 2. The zero-order chi connectivity index (χ0) is 32.4. The summed E-state index contributed by atoms with van der Waals surface area (Å²) in [6.07, 6.45) is 0.271. The van der Waals surface area contributed by atoms with Crippen LogP contribution in [-0.4, -0.2) is 47.6 Å². The molecule has 2 amide bonds. The van der Waals surface area contributed by atoms with Gasteiger partial charge in [-0.15, -0.1) is 0 Å². The van der Waals surface area contributed by atoms with Crippen LogP contribution in [0.25, 0.3) is 0 Å². The molecule has 7 rings (SSSR count). The minimum Gasteiger partial charge on any atom is -0.490 e. The Bertz CT molecular complexity index is 1780. The van der Waals surface area contributed by atoms with Gasteiger partial charge in [0.1, 0.15) is 29.7 Å². The number of halogens is 1. The highest BCUT2D eigenvalue weighted by molar-refractivity contribution is 8.15. The van der Waals surface area contributed by atoms with Crippen molar-refractivity contribution in [3.05, 3.63) is 161 Å². The molecule has 236 valence electrons. The van der Waals surface area contributed by atoms with Crippen molar-refractivity contribution >= 4 is 40.2 Å². The summed E-state index contributed by atoms with van der Waals surface area (Å²) in [5, 5.41) is -0.158. The molecule has 0 bridgehead atoms. The van der Waals surface area contributed by atoms with Gasteiger partial charge in [0.15, 0.2) is 0 Å². The molecule has 2 aliphatic rings. The fraction of sp³-hybridized carbons (Fsp3) is 0.179. The van der Waals surface area contributed by atoms with Crippen molar-refractivity contribution in [2.24, 2.45) is 0 Å². The quantitative estimate of drug-likeness (QED) is 0.149. The first-order valence-electron chi connectivity index (χ1n) is 15.5. The number of imide groups is 1. The van der Waals surface area contributed by atoms with Crippen LogP contribution in [0.2, 0.25) is 5.02 Å². The van der Waals surface area contributed by atoms with Crippen molar-refractivity contribution in [3.63, 3.8) is 0 Å². The van der Waals surface area contributed by atoms with E-state index in [1.807, 2.05) is 141 Å². The summed E-state index contributed by atoms with van der Waals surface area (Å²) in [5.41, 5.74) is 3.33. The third-order valence-corrected chi connectivity index (χ3v) is 9.99. The van der Waals surface area contributed by atoms with Gasteiger partial charge in [-0.25, -0.2) is 0 Å². The van der Waals surface area contributed by atoms with Gasteiger partial charge in [0.05, 0.1) is 17.5 Å². The molecule has 1 fully saturated rings. The number of fused-ring (bicyclic) bond motifs is 1. The summed E-state index contributed by atoms with van der Waals surface area (Å²) >= 11 is 7.25.